The average molecular weight is 773 g/mol. The molecule has 0 fully saturated rings. The van der Waals surface area contributed by atoms with Gasteiger partial charge in [-0.05, 0) is 90.6 Å². The molecule has 0 unspecified atom stereocenters. The molecule has 0 amide bonds. The molecule has 0 spiro atoms. The third kappa shape index (κ3) is 5.38. The summed E-state index contributed by atoms with van der Waals surface area (Å²) in [6.07, 6.45) is 8.46. The molecule has 0 atom stereocenters. The Morgan fingerprint density at radius 3 is 1.14 bits per heavy atom. The van der Waals surface area contributed by atoms with E-state index in [2.05, 4.69) is 175 Å². The minimum Gasteiger partial charge on any atom is -0.353 e. The molecule has 4 aromatic carbocycles. The van der Waals surface area contributed by atoms with Gasteiger partial charge >= 0.3 is 0 Å². The van der Waals surface area contributed by atoms with E-state index in [-0.39, 0.29) is 0 Å². The van der Waals surface area contributed by atoms with Crippen molar-refractivity contribution in [2.24, 2.45) is 0 Å². The smallest absolute Gasteiger partial charge is 0.0738 e. The van der Waals surface area contributed by atoms with Crippen LogP contribution in [0.15, 0.2) is 142 Å². The van der Waals surface area contributed by atoms with Gasteiger partial charge in [0, 0.05) is 42.2 Å². The molecule has 3 aromatic heterocycles. The largest absolute Gasteiger partial charge is 0.353 e. The lowest BCUT2D eigenvalue weighted by Gasteiger charge is -2.07. The molecule has 9 rings (SSSR count). The van der Waals surface area contributed by atoms with Crippen LogP contribution in [-0.2, 0) is 0 Å². The van der Waals surface area contributed by atoms with Gasteiger partial charge in [-0.3, -0.25) is 0 Å². The van der Waals surface area contributed by atoms with Crippen molar-refractivity contribution < 1.29 is 0 Å². The number of benzene rings is 4. The van der Waals surface area contributed by atoms with Crippen molar-refractivity contribution in [3.63, 3.8) is 0 Å². The number of H-pyrrole nitrogens is 2. The molecular weight excluding hydrogens is 744 g/mol. The molecule has 7 aromatic rings. The van der Waals surface area contributed by atoms with E-state index in [1.54, 1.807) is 0 Å². The summed E-state index contributed by atoms with van der Waals surface area (Å²) < 4.78 is 1.90. The van der Waals surface area contributed by atoms with E-state index in [0.29, 0.717) is 0 Å². The molecule has 2 aliphatic heterocycles. The lowest BCUT2D eigenvalue weighted by molar-refractivity contribution is 1.28. The highest BCUT2D eigenvalue weighted by molar-refractivity contribution is 9.11. The fourth-order valence-corrected chi connectivity index (χ4v) is 7.97. The monoisotopic (exact) mass is 770 g/mol. The number of halogens is 2. The molecule has 0 radical (unpaired) electrons. The number of aromatic nitrogens is 4. The summed E-state index contributed by atoms with van der Waals surface area (Å²) >= 11 is 7.94. The first-order valence-corrected chi connectivity index (χ1v) is 18.0. The Morgan fingerprint density at radius 1 is 0.360 bits per heavy atom. The van der Waals surface area contributed by atoms with E-state index < -0.39 is 0 Å². The molecule has 2 N–H and O–H groups in total. The van der Waals surface area contributed by atoms with Crippen LogP contribution in [0, 0.1) is 0 Å². The van der Waals surface area contributed by atoms with Gasteiger partial charge in [-0.15, -0.1) is 0 Å². The number of nitrogens with one attached hydrogen (secondary N) is 2. The molecule has 0 saturated heterocycles. The molecule has 5 heterocycles. The van der Waals surface area contributed by atoms with Crippen LogP contribution in [0.3, 0.4) is 0 Å². The fourth-order valence-electron chi connectivity index (χ4n) is 6.92. The quantitative estimate of drug-likeness (QED) is 0.187. The van der Waals surface area contributed by atoms with E-state index in [1.807, 2.05) is 24.3 Å². The van der Waals surface area contributed by atoms with E-state index in [9.17, 15) is 0 Å². The minimum atomic E-state index is 0.863. The predicted octanol–water partition coefficient (Wildman–Crippen LogP) is 12.8. The molecule has 2 aliphatic rings. The standard InChI is InChI=1S/C44H28Br2N4/c45-31-25-37-40(28-15-7-2-8-16-28)35-22-21-33(47-35)39(27-13-5-1-6-14-27)34-23-24-36(48-34)41(29-17-9-3-10-18-29)43-32(46)26-38(50-43)42(44(31)49-37)30-19-11-4-12-20-30/h1-26,49-50H. The Kier molecular flexibility index (Phi) is 7.76. The van der Waals surface area contributed by atoms with Gasteiger partial charge in [0.15, 0.2) is 0 Å². The maximum atomic E-state index is 5.36. The van der Waals surface area contributed by atoms with Gasteiger partial charge in [-0.1, -0.05) is 121 Å². The average Bonchev–Trinajstić information content (AvgIpc) is 3.97. The second kappa shape index (κ2) is 12.7. The molecule has 0 saturated carbocycles. The SMILES string of the molecule is Brc1cc2[nH]c1c(-c1ccccc1)c1nc(c(-c3ccccc3)c3nc(c(-c4ccccc4)c4cc(Br)c([nH]4)c2-c2ccccc2)C=C3)C=C1. The first kappa shape index (κ1) is 30.5. The molecule has 8 bridgehead atoms. The summed E-state index contributed by atoms with van der Waals surface area (Å²) in [5.41, 5.74) is 15.6. The Bertz CT molecular complexity index is 2640. The third-order valence-corrected chi connectivity index (χ3v) is 10.4. The Labute approximate surface area is 306 Å². The lowest BCUT2D eigenvalue weighted by Crippen LogP contribution is -1.91. The van der Waals surface area contributed by atoms with Gasteiger partial charge in [0.1, 0.15) is 0 Å². The van der Waals surface area contributed by atoms with Crippen LogP contribution in [0.2, 0.25) is 0 Å². The number of hydrogen-bond acceptors (Lipinski definition) is 2. The third-order valence-electron chi connectivity index (χ3n) is 9.13. The number of nitrogens with zero attached hydrogens (tertiary/aromatic N) is 2. The van der Waals surface area contributed by atoms with Crippen molar-refractivity contribution in [1.29, 1.82) is 0 Å². The second-order valence-electron chi connectivity index (χ2n) is 12.2. The number of aromatic amines is 2. The first-order chi connectivity index (χ1) is 24.6. The Balaban J connectivity index is 1.52. The fraction of sp³-hybridized carbons (Fsp3) is 0. The van der Waals surface area contributed by atoms with Gasteiger partial charge < -0.3 is 9.97 Å². The van der Waals surface area contributed by atoms with Crippen molar-refractivity contribution in [3.05, 3.63) is 165 Å². The van der Waals surface area contributed by atoms with Crippen LogP contribution < -0.4 is 0 Å². The van der Waals surface area contributed by atoms with Crippen LogP contribution in [0.4, 0.5) is 0 Å². The van der Waals surface area contributed by atoms with Crippen LogP contribution in [-0.4, -0.2) is 19.9 Å². The van der Waals surface area contributed by atoms with Crippen LogP contribution in [0.5, 0.6) is 0 Å². The zero-order chi connectivity index (χ0) is 33.6. The molecular formula is C44H28Br2N4. The van der Waals surface area contributed by atoms with E-state index in [1.165, 1.54) is 0 Å². The maximum absolute atomic E-state index is 5.36. The molecule has 0 aliphatic carbocycles. The topological polar surface area (TPSA) is 57.4 Å². The van der Waals surface area contributed by atoms with Crippen LogP contribution in [0.25, 0.3) is 90.9 Å². The maximum Gasteiger partial charge on any atom is 0.0738 e. The summed E-state index contributed by atoms with van der Waals surface area (Å²) in [5, 5.41) is 0. The molecule has 50 heavy (non-hydrogen) atoms. The second-order valence-corrected chi connectivity index (χ2v) is 13.9. The minimum absolute atomic E-state index is 0.863. The summed E-state index contributed by atoms with van der Waals surface area (Å²) in [7, 11) is 0. The van der Waals surface area contributed by atoms with E-state index in [4.69, 9.17) is 9.97 Å². The van der Waals surface area contributed by atoms with Crippen molar-refractivity contribution in [2.75, 3.05) is 0 Å². The van der Waals surface area contributed by atoms with Gasteiger partial charge in [0.05, 0.1) is 33.8 Å². The highest BCUT2D eigenvalue weighted by atomic mass is 79.9. The Morgan fingerprint density at radius 2 is 0.680 bits per heavy atom. The van der Waals surface area contributed by atoms with E-state index >= 15 is 0 Å². The van der Waals surface area contributed by atoms with Crippen LogP contribution >= 0.6 is 31.9 Å². The summed E-state index contributed by atoms with van der Waals surface area (Å²) in [4.78, 5) is 18.4. The molecule has 4 nitrogen and oxygen atoms in total. The number of rotatable bonds is 4. The summed E-state index contributed by atoms with van der Waals surface area (Å²) in [6.45, 7) is 0. The highest BCUT2D eigenvalue weighted by Gasteiger charge is 2.21. The van der Waals surface area contributed by atoms with Gasteiger partial charge in [0.25, 0.3) is 0 Å². The van der Waals surface area contributed by atoms with Crippen molar-refractivity contribution >= 4 is 78.2 Å². The normalized spacial score (nSPS) is 12.0. The zero-order valence-corrected chi connectivity index (χ0v) is 29.8. The van der Waals surface area contributed by atoms with Gasteiger partial charge in [0.2, 0.25) is 0 Å². The van der Waals surface area contributed by atoms with E-state index in [0.717, 1.165) is 98.3 Å². The number of hydrogen-bond donors (Lipinski definition) is 2. The highest BCUT2D eigenvalue weighted by Crippen LogP contribution is 2.41. The van der Waals surface area contributed by atoms with Gasteiger partial charge in [-0.2, -0.15) is 0 Å². The van der Waals surface area contributed by atoms with Gasteiger partial charge in [-0.25, -0.2) is 9.97 Å². The van der Waals surface area contributed by atoms with Crippen molar-refractivity contribution in [2.45, 2.75) is 0 Å². The summed E-state index contributed by atoms with van der Waals surface area (Å²) in [5.74, 6) is 0. The number of fused-ring (bicyclic) bond motifs is 8. The van der Waals surface area contributed by atoms with Crippen molar-refractivity contribution in [3.8, 4) is 44.5 Å². The summed E-state index contributed by atoms with van der Waals surface area (Å²) in [6, 6.07) is 46.2. The van der Waals surface area contributed by atoms with Crippen LogP contribution in [0.1, 0.15) is 22.8 Å². The molecule has 6 heteroatoms. The predicted molar refractivity (Wildman–Crippen MR) is 216 cm³/mol. The molecule has 238 valence electrons. The first-order valence-electron chi connectivity index (χ1n) is 16.4. The Hall–Kier alpha value is -5.56. The lowest BCUT2D eigenvalue weighted by atomic mass is 10.0. The zero-order valence-electron chi connectivity index (χ0n) is 26.7. The van der Waals surface area contributed by atoms with Crippen molar-refractivity contribution in [1.82, 2.24) is 19.9 Å².